The molecular weight excluding hydrogens is 264 g/mol. The Morgan fingerprint density at radius 3 is 2.63 bits per heavy atom. The highest BCUT2D eigenvalue weighted by atomic mass is 32.2. The van der Waals surface area contributed by atoms with Gasteiger partial charge in [-0.05, 0) is 19.0 Å². The average Bonchev–Trinajstić information content (AvgIpc) is 2.39. The highest BCUT2D eigenvalue weighted by Crippen LogP contribution is 2.22. The molecule has 0 bridgehead atoms. The van der Waals surface area contributed by atoms with Crippen LogP contribution in [0.5, 0.6) is 0 Å². The van der Waals surface area contributed by atoms with Crippen LogP contribution in [0.3, 0.4) is 0 Å². The molecule has 106 valence electrons. The summed E-state index contributed by atoms with van der Waals surface area (Å²) in [7, 11) is -1.35. The first-order valence-electron chi connectivity index (χ1n) is 6.45. The molecule has 6 heteroatoms. The van der Waals surface area contributed by atoms with Gasteiger partial charge in [0, 0.05) is 17.9 Å². The van der Waals surface area contributed by atoms with Gasteiger partial charge in [0.25, 0.3) is 5.69 Å². The van der Waals surface area contributed by atoms with Crippen molar-refractivity contribution in [2.75, 3.05) is 12.3 Å². The number of para-hydroxylation sites is 1. The predicted octanol–water partition coefficient (Wildman–Crippen LogP) is 2.48. The number of nitro benzene ring substituents is 1. The van der Waals surface area contributed by atoms with E-state index in [2.05, 4.69) is 12.2 Å². The van der Waals surface area contributed by atoms with Gasteiger partial charge in [-0.15, -0.1) is 0 Å². The first kappa shape index (κ1) is 15.8. The number of rotatable bonds is 8. The Morgan fingerprint density at radius 1 is 1.37 bits per heavy atom. The van der Waals surface area contributed by atoms with Crippen LogP contribution in [0.1, 0.15) is 26.7 Å². The molecule has 2 unspecified atom stereocenters. The van der Waals surface area contributed by atoms with Gasteiger partial charge in [0.2, 0.25) is 0 Å². The molecule has 1 aromatic rings. The number of hydrogen-bond donors (Lipinski definition) is 1. The lowest BCUT2D eigenvalue weighted by molar-refractivity contribution is -0.387. The van der Waals surface area contributed by atoms with E-state index in [9.17, 15) is 14.3 Å². The minimum absolute atomic E-state index is 0.0624. The second-order valence-corrected chi connectivity index (χ2v) is 5.74. The third-order valence-electron chi connectivity index (χ3n) is 2.79. The Balaban J connectivity index is 2.85. The fourth-order valence-corrected chi connectivity index (χ4v) is 3.39. The smallest absolute Gasteiger partial charge is 0.285 e. The normalized spacial score (nSPS) is 14.0. The zero-order valence-corrected chi connectivity index (χ0v) is 12.1. The first-order valence-corrected chi connectivity index (χ1v) is 7.77. The Morgan fingerprint density at radius 2 is 2.05 bits per heavy atom. The predicted molar refractivity (Wildman–Crippen MR) is 76.7 cm³/mol. The van der Waals surface area contributed by atoms with Gasteiger partial charge < -0.3 is 5.32 Å². The zero-order valence-electron chi connectivity index (χ0n) is 11.3. The molecular formula is C13H20N2O3S. The van der Waals surface area contributed by atoms with Gasteiger partial charge in [0.1, 0.15) is 4.90 Å². The van der Waals surface area contributed by atoms with Crippen LogP contribution in [0.15, 0.2) is 29.2 Å². The van der Waals surface area contributed by atoms with E-state index in [4.69, 9.17) is 0 Å². The molecule has 0 heterocycles. The summed E-state index contributed by atoms with van der Waals surface area (Å²) in [6, 6.07) is 6.38. The van der Waals surface area contributed by atoms with E-state index in [0.717, 1.165) is 19.4 Å². The second kappa shape index (κ2) is 8.01. The maximum atomic E-state index is 12.3. The summed E-state index contributed by atoms with van der Waals surface area (Å²) < 4.78 is 12.3. The Bertz CT molecular complexity index is 445. The highest BCUT2D eigenvalue weighted by molar-refractivity contribution is 7.85. The van der Waals surface area contributed by atoms with Crippen molar-refractivity contribution < 1.29 is 9.13 Å². The summed E-state index contributed by atoms with van der Waals surface area (Å²) in [5.74, 6) is 0.409. The largest absolute Gasteiger partial charge is 0.313 e. The quantitative estimate of drug-likeness (QED) is 0.588. The van der Waals surface area contributed by atoms with Crippen LogP contribution in [0.4, 0.5) is 5.69 Å². The molecule has 0 fully saturated rings. The SMILES string of the molecule is CCCC(CS(=O)c1ccccc1[N+](=O)[O-])NCC. The zero-order chi connectivity index (χ0) is 14.3. The summed E-state index contributed by atoms with van der Waals surface area (Å²) >= 11 is 0. The van der Waals surface area contributed by atoms with Crippen LogP contribution in [0.2, 0.25) is 0 Å². The molecule has 0 aliphatic rings. The number of nitrogens with one attached hydrogen (secondary N) is 1. The molecule has 0 saturated carbocycles. The van der Waals surface area contributed by atoms with Crippen molar-refractivity contribution in [1.82, 2.24) is 5.32 Å². The molecule has 0 aliphatic heterocycles. The lowest BCUT2D eigenvalue weighted by atomic mass is 10.2. The van der Waals surface area contributed by atoms with E-state index in [0.29, 0.717) is 10.6 Å². The van der Waals surface area contributed by atoms with Gasteiger partial charge in [-0.2, -0.15) is 0 Å². The molecule has 5 nitrogen and oxygen atoms in total. The van der Waals surface area contributed by atoms with E-state index < -0.39 is 15.7 Å². The van der Waals surface area contributed by atoms with Crippen molar-refractivity contribution in [3.63, 3.8) is 0 Å². The third-order valence-corrected chi connectivity index (χ3v) is 4.33. The molecule has 0 spiro atoms. The van der Waals surface area contributed by atoms with Gasteiger partial charge in [0.05, 0.1) is 15.7 Å². The average molecular weight is 284 g/mol. The minimum atomic E-state index is -1.35. The monoisotopic (exact) mass is 284 g/mol. The summed E-state index contributed by atoms with van der Waals surface area (Å²) in [4.78, 5) is 10.8. The summed E-state index contributed by atoms with van der Waals surface area (Å²) in [6.07, 6.45) is 1.91. The molecule has 0 aromatic heterocycles. The van der Waals surface area contributed by atoms with Crippen LogP contribution in [0.25, 0.3) is 0 Å². The Hall–Kier alpha value is -1.27. The number of nitrogens with zero attached hydrogens (tertiary/aromatic N) is 1. The molecule has 19 heavy (non-hydrogen) atoms. The first-order chi connectivity index (χ1) is 9.10. The van der Waals surface area contributed by atoms with Crippen LogP contribution >= 0.6 is 0 Å². The van der Waals surface area contributed by atoms with Gasteiger partial charge in [-0.25, -0.2) is 0 Å². The lowest BCUT2D eigenvalue weighted by Crippen LogP contribution is -2.33. The molecule has 1 aromatic carbocycles. The van der Waals surface area contributed by atoms with Crippen molar-refractivity contribution in [2.24, 2.45) is 0 Å². The summed E-state index contributed by atoms with van der Waals surface area (Å²) in [6.45, 7) is 4.87. The van der Waals surface area contributed by atoms with E-state index in [-0.39, 0.29) is 11.7 Å². The van der Waals surface area contributed by atoms with Gasteiger partial charge >= 0.3 is 0 Å². The fourth-order valence-electron chi connectivity index (χ4n) is 1.95. The highest BCUT2D eigenvalue weighted by Gasteiger charge is 2.20. The van der Waals surface area contributed by atoms with E-state index in [1.165, 1.54) is 6.07 Å². The molecule has 0 radical (unpaired) electrons. The Kier molecular flexibility index (Phi) is 6.66. The van der Waals surface area contributed by atoms with Crippen molar-refractivity contribution in [3.05, 3.63) is 34.4 Å². The van der Waals surface area contributed by atoms with E-state index >= 15 is 0 Å². The van der Waals surface area contributed by atoms with E-state index in [1.54, 1.807) is 18.2 Å². The van der Waals surface area contributed by atoms with Crippen molar-refractivity contribution in [3.8, 4) is 0 Å². The van der Waals surface area contributed by atoms with Crippen molar-refractivity contribution in [1.29, 1.82) is 0 Å². The van der Waals surface area contributed by atoms with Crippen molar-refractivity contribution >= 4 is 16.5 Å². The van der Waals surface area contributed by atoms with Crippen molar-refractivity contribution in [2.45, 2.75) is 37.6 Å². The molecule has 1 rings (SSSR count). The molecule has 0 amide bonds. The topological polar surface area (TPSA) is 72.2 Å². The molecule has 2 atom stereocenters. The van der Waals surface area contributed by atoms with E-state index in [1.807, 2.05) is 6.92 Å². The van der Waals surface area contributed by atoms with Crippen LogP contribution in [-0.2, 0) is 10.8 Å². The van der Waals surface area contributed by atoms with Crippen LogP contribution < -0.4 is 5.32 Å². The molecule has 1 N–H and O–H groups in total. The second-order valence-electron chi connectivity index (χ2n) is 4.28. The fraction of sp³-hybridized carbons (Fsp3) is 0.538. The van der Waals surface area contributed by atoms with Gasteiger partial charge in [0.15, 0.2) is 0 Å². The van der Waals surface area contributed by atoms with Crippen LogP contribution in [-0.4, -0.2) is 27.5 Å². The number of hydrogen-bond acceptors (Lipinski definition) is 4. The van der Waals surface area contributed by atoms with Crippen LogP contribution in [0, 0.1) is 10.1 Å². The maximum Gasteiger partial charge on any atom is 0.285 e. The summed E-state index contributed by atoms with van der Waals surface area (Å²) in [5.41, 5.74) is -0.0624. The molecule has 0 saturated heterocycles. The third kappa shape index (κ3) is 4.72. The standard InChI is InChI=1S/C13H20N2O3S/c1-3-7-11(14-4-2)10-19(18)13-9-6-5-8-12(13)15(16)17/h5-6,8-9,11,14H,3-4,7,10H2,1-2H3. The number of benzene rings is 1. The van der Waals surface area contributed by atoms with Gasteiger partial charge in [-0.1, -0.05) is 32.4 Å². The summed E-state index contributed by atoms with van der Waals surface area (Å²) in [5, 5.41) is 14.2. The minimum Gasteiger partial charge on any atom is -0.313 e. The maximum absolute atomic E-state index is 12.3. The molecule has 0 aliphatic carbocycles. The van der Waals surface area contributed by atoms with Gasteiger partial charge in [-0.3, -0.25) is 14.3 Å². The lowest BCUT2D eigenvalue weighted by Gasteiger charge is -2.16. The Labute approximate surface area is 116 Å². The number of nitro groups is 1.